The number of nitrogens with zero attached hydrogens (tertiary/aromatic N) is 3. The van der Waals surface area contributed by atoms with Crippen LogP contribution in [0.1, 0.15) is 76.6 Å². The molecular weight excluding hydrogens is 286 g/mol. The maximum atomic E-state index is 10.8. The van der Waals surface area contributed by atoms with Gasteiger partial charge >= 0.3 is 5.97 Å². The van der Waals surface area contributed by atoms with Crippen LogP contribution in [-0.4, -0.2) is 31.6 Å². The summed E-state index contributed by atoms with van der Waals surface area (Å²) in [4.78, 5) is 10.8. The first-order valence-electron chi connectivity index (χ1n) is 7.96. The third-order valence-electron chi connectivity index (χ3n) is 3.84. The lowest BCUT2D eigenvalue weighted by atomic mass is 10.0. The van der Waals surface area contributed by atoms with Crippen molar-refractivity contribution in [1.29, 1.82) is 0 Å². The van der Waals surface area contributed by atoms with Crippen molar-refractivity contribution in [2.24, 2.45) is 0 Å². The van der Waals surface area contributed by atoms with Crippen molar-refractivity contribution in [3.63, 3.8) is 0 Å². The second kappa shape index (κ2) is 7.82. The SMILES string of the molecule is CCCCC(CCC)n1c(SCC(=O)O)nnc1C1CC1. The van der Waals surface area contributed by atoms with E-state index in [1.807, 2.05) is 0 Å². The first kappa shape index (κ1) is 16.3. The highest BCUT2D eigenvalue weighted by molar-refractivity contribution is 7.99. The van der Waals surface area contributed by atoms with Gasteiger partial charge in [0.2, 0.25) is 0 Å². The van der Waals surface area contributed by atoms with Crippen molar-refractivity contribution >= 4 is 17.7 Å². The molecule has 0 saturated heterocycles. The van der Waals surface area contributed by atoms with Gasteiger partial charge in [-0.2, -0.15) is 0 Å². The molecule has 21 heavy (non-hydrogen) atoms. The smallest absolute Gasteiger partial charge is 0.313 e. The van der Waals surface area contributed by atoms with Crippen LogP contribution in [0.5, 0.6) is 0 Å². The van der Waals surface area contributed by atoms with Crippen LogP contribution in [0.15, 0.2) is 5.16 Å². The monoisotopic (exact) mass is 311 g/mol. The lowest BCUT2D eigenvalue weighted by Crippen LogP contribution is -2.14. The fourth-order valence-corrected chi connectivity index (χ4v) is 3.38. The van der Waals surface area contributed by atoms with Crippen LogP contribution in [0.2, 0.25) is 0 Å². The van der Waals surface area contributed by atoms with E-state index in [-0.39, 0.29) is 5.75 Å². The summed E-state index contributed by atoms with van der Waals surface area (Å²) in [6, 6.07) is 0.414. The van der Waals surface area contributed by atoms with Crippen LogP contribution in [0.4, 0.5) is 0 Å². The highest BCUT2D eigenvalue weighted by Crippen LogP contribution is 2.42. The molecular formula is C15H25N3O2S. The summed E-state index contributed by atoms with van der Waals surface area (Å²) >= 11 is 1.30. The number of aromatic nitrogens is 3. The van der Waals surface area contributed by atoms with Gasteiger partial charge in [0.1, 0.15) is 5.82 Å². The molecule has 6 heteroatoms. The summed E-state index contributed by atoms with van der Waals surface area (Å²) < 4.78 is 2.25. The van der Waals surface area contributed by atoms with Gasteiger partial charge in [0.15, 0.2) is 5.16 Å². The molecule has 1 saturated carbocycles. The zero-order chi connectivity index (χ0) is 15.2. The van der Waals surface area contributed by atoms with E-state index in [9.17, 15) is 4.79 Å². The van der Waals surface area contributed by atoms with E-state index in [0.29, 0.717) is 12.0 Å². The quantitative estimate of drug-likeness (QED) is 0.664. The summed E-state index contributed by atoms with van der Waals surface area (Å²) in [6.45, 7) is 4.40. The van der Waals surface area contributed by atoms with E-state index >= 15 is 0 Å². The molecule has 118 valence electrons. The molecule has 0 radical (unpaired) electrons. The molecule has 0 bridgehead atoms. The molecule has 1 fully saturated rings. The largest absolute Gasteiger partial charge is 0.481 e. The molecule has 1 aliphatic rings. The third-order valence-corrected chi connectivity index (χ3v) is 4.76. The maximum absolute atomic E-state index is 10.8. The Hall–Kier alpha value is -1.04. The molecule has 0 aliphatic heterocycles. The first-order chi connectivity index (χ1) is 10.2. The van der Waals surface area contributed by atoms with Gasteiger partial charge in [0.05, 0.1) is 5.75 Å². The Morgan fingerprint density at radius 2 is 2.10 bits per heavy atom. The molecule has 1 aromatic heterocycles. The zero-order valence-electron chi connectivity index (χ0n) is 12.9. The van der Waals surface area contributed by atoms with Gasteiger partial charge in [0, 0.05) is 12.0 Å². The Balaban J connectivity index is 2.22. The van der Waals surface area contributed by atoms with Crippen molar-refractivity contribution in [3.8, 4) is 0 Å². The molecule has 1 aromatic rings. The Kier molecular flexibility index (Phi) is 6.08. The second-order valence-corrected chi connectivity index (χ2v) is 6.69. The van der Waals surface area contributed by atoms with E-state index in [1.54, 1.807) is 0 Å². The van der Waals surface area contributed by atoms with E-state index in [4.69, 9.17) is 5.11 Å². The van der Waals surface area contributed by atoms with Gasteiger partial charge in [-0.25, -0.2) is 0 Å². The predicted molar refractivity (Wildman–Crippen MR) is 83.8 cm³/mol. The van der Waals surface area contributed by atoms with Crippen molar-refractivity contribution in [1.82, 2.24) is 14.8 Å². The number of carboxylic acids is 1. The third kappa shape index (κ3) is 4.46. The van der Waals surface area contributed by atoms with Crippen LogP contribution in [0.25, 0.3) is 0 Å². The van der Waals surface area contributed by atoms with E-state index in [0.717, 1.165) is 30.2 Å². The minimum atomic E-state index is -0.803. The number of carboxylic acid groups (broad SMARTS) is 1. The molecule has 1 atom stereocenters. The van der Waals surface area contributed by atoms with Gasteiger partial charge in [0.25, 0.3) is 0 Å². The van der Waals surface area contributed by atoms with Crippen LogP contribution in [0.3, 0.4) is 0 Å². The fourth-order valence-electron chi connectivity index (χ4n) is 2.65. The standard InChI is InChI=1S/C15H25N3O2S/c1-3-5-7-12(6-4-2)18-14(11-8-9-11)16-17-15(18)21-10-13(19)20/h11-12H,3-10H2,1-2H3,(H,19,20). The Morgan fingerprint density at radius 1 is 1.33 bits per heavy atom. The summed E-state index contributed by atoms with van der Waals surface area (Å²) in [5.74, 6) is 0.869. The van der Waals surface area contributed by atoms with Crippen LogP contribution in [0, 0.1) is 0 Å². The Morgan fingerprint density at radius 3 is 2.67 bits per heavy atom. The summed E-state index contributed by atoms with van der Waals surface area (Å²) in [7, 11) is 0. The Bertz CT molecular complexity index is 471. The fraction of sp³-hybridized carbons (Fsp3) is 0.800. The van der Waals surface area contributed by atoms with Crippen molar-refractivity contribution in [2.45, 2.75) is 75.9 Å². The molecule has 5 nitrogen and oxygen atoms in total. The van der Waals surface area contributed by atoms with Gasteiger partial charge in [-0.15, -0.1) is 10.2 Å². The zero-order valence-corrected chi connectivity index (χ0v) is 13.7. The van der Waals surface area contributed by atoms with E-state index < -0.39 is 5.97 Å². The van der Waals surface area contributed by atoms with Crippen LogP contribution in [-0.2, 0) is 4.79 Å². The Labute approximate surface area is 130 Å². The van der Waals surface area contributed by atoms with Crippen LogP contribution >= 0.6 is 11.8 Å². The van der Waals surface area contributed by atoms with E-state index in [2.05, 4.69) is 28.6 Å². The lowest BCUT2D eigenvalue weighted by Gasteiger charge is -2.21. The molecule has 2 rings (SSSR count). The molecule has 1 heterocycles. The maximum Gasteiger partial charge on any atom is 0.313 e. The average molecular weight is 311 g/mol. The molecule has 0 aromatic carbocycles. The lowest BCUT2D eigenvalue weighted by molar-refractivity contribution is -0.133. The predicted octanol–water partition coefficient (Wildman–Crippen LogP) is 3.86. The molecule has 0 amide bonds. The van der Waals surface area contributed by atoms with Gasteiger partial charge in [-0.3, -0.25) is 4.79 Å². The summed E-state index contributed by atoms with van der Waals surface area (Å²) in [5.41, 5.74) is 0. The molecule has 1 aliphatic carbocycles. The van der Waals surface area contributed by atoms with E-state index in [1.165, 1.54) is 37.4 Å². The molecule has 1 unspecified atom stereocenters. The van der Waals surface area contributed by atoms with Crippen molar-refractivity contribution in [3.05, 3.63) is 5.82 Å². The van der Waals surface area contributed by atoms with Gasteiger partial charge in [-0.05, 0) is 25.7 Å². The highest BCUT2D eigenvalue weighted by atomic mass is 32.2. The van der Waals surface area contributed by atoms with Crippen molar-refractivity contribution < 1.29 is 9.90 Å². The summed E-state index contributed by atoms with van der Waals surface area (Å²) in [5, 5.41) is 18.3. The molecule has 1 N–H and O–H groups in total. The number of carbonyl (C=O) groups is 1. The normalized spacial score (nSPS) is 16.1. The first-order valence-corrected chi connectivity index (χ1v) is 8.95. The number of unbranched alkanes of at least 4 members (excludes halogenated alkanes) is 1. The molecule has 0 spiro atoms. The number of rotatable bonds is 10. The number of thioether (sulfide) groups is 1. The minimum absolute atomic E-state index is 0.0510. The number of aliphatic carboxylic acids is 1. The van der Waals surface area contributed by atoms with Crippen molar-refractivity contribution in [2.75, 3.05) is 5.75 Å². The average Bonchev–Trinajstić information content (AvgIpc) is 3.21. The minimum Gasteiger partial charge on any atom is -0.481 e. The highest BCUT2D eigenvalue weighted by Gasteiger charge is 2.32. The van der Waals surface area contributed by atoms with Crippen LogP contribution < -0.4 is 0 Å². The second-order valence-electron chi connectivity index (χ2n) is 5.75. The van der Waals surface area contributed by atoms with Gasteiger partial charge < -0.3 is 9.67 Å². The summed E-state index contributed by atoms with van der Waals surface area (Å²) in [6.07, 6.45) is 8.11. The topological polar surface area (TPSA) is 68.0 Å². The number of hydrogen-bond acceptors (Lipinski definition) is 4. The van der Waals surface area contributed by atoms with Gasteiger partial charge in [-0.1, -0.05) is 44.9 Å². The number of hydrogen-bond donors (Lipinski definition) is 1.